The number of rotatable bonds is 6. The molecule has 1 aliphatic rings. The molecule has 1 aromatic rings. The zero-order chi connectivity index (χ0) is 16.3. The number of benzene rings is 1. The van der Waals surface area contributed by atoms with Gasteiger partial charge in [-0.3, -0.25) is 0 Å². The summed E-state index contributed by atoms with van der Waals surface area (Å²) in [5.41, 5.74) is 2.34. The number of hydrogen-bond acceptors (Lipinski definition) is 4. The van der Waals surface area contributed by atoms with Gasteiger partial charge < -0.3 is 10.1 Å². The van der Waals surface area contributed by atoms with E-state index in [9.17, 15) is 8.42 Å². The van der Waals surface area contributed by atoms with Crippen molar-refractivity contribution in [2.75, 3.05) is 33.0 Å². The van der Waals surface area contributed by atoms with Gasteiger partial charge in [0.15, 0.2) is 0 Å². The largest absolute Gasteiger partial charge is 0.496 e. The monoisotopic (exact) mass is 326 g/mol. The lowest BCUT2D eigenvalue weighted by molar-refractivity contribution is 0.394. The molecule has 2 rings (SSSR count). The van der Waals surface area contributed by atoms with E-state index in [-0.39, 0.29) is 6.04 Å². The van der Waals surface area contributed by atoms with Crippen molar-refractivity contribution in [2.24, 2.45) is 5.92 Å². The maximum atomic E-state index is 11.5. The van der Waals surface area contributed by atoms with Crippen LogP contribution in [0.15, 0.2) is 18.2 Å². The van der Waals surface area contributed by atoms with Gasteiger partial charge in [-0.25, -0.2) is 12.7 Å². The van der Waals surface area contributed by atoms with Crippen molar-refractivity contribution in [3.05, 3.63) is 29.3 Å². The Balaban J connectivity index is 1.94. The third kappa shape index (κ3) is 4.21. The Morgan fingerprint density at radius 3 is 2.77 bits per heavy atom. The molecule has 0 aliphatic carbocycles. The van der Waals surface area contributed by atoms with E-state index in [1.54, 1.807) is 11.4 Å². The van der Waals surface area contributed by atoms with Crippen LogP contribution in [0.5, 0.6) is 5.75 Å². The van der Waals surface area contributed by atoms with Gasteiger partial charge in [0.05, 0.1) is 13.4 Å². The molecule has 2 atom stereocenters. The molecule has 1 aliphatic heterocycles. The molecule has 0 radical (unpaired) electrons. The van der Waals surface area contributed by atoms with Crippen LogP contribution in [0.2, 0.25) is 0 Å². The van der Waals surface area contributed by atoms with Gasteiger partial charge >= 0.3 is 0 Å². The standard InChI is InChI=1S/C16H26N2O3S/c1-12-5-6-16(21-3)15(9-12)13(2)17-10-14-7-8-18(11-14)22(4,19)20/h5-6,9,13-14,17H,7-8,10-11H2,1-4H3/t13-,14-/m0/s1. The number of nitrogens with one attached hydrogen (secondary N) is 1. The van der Waals surface area contributed by atoms with E-state index in [0.717, 1.165) is 24.3 Å². The second-order valence-electron chi connectivity index (χ2n) is 6.15. The molecule has 1 saturated heterocycles. The van der Waals surface area contributed by atoms with Crippen molar-refractivity contribution in [2.45, 2.75) is 26.3 Å². The summed E-state index contributed by atoms with van der Waals surface area (Å²) in [6.07, 6.45) is 2.20. The van der Waals surface area contributed by atoms with E-state index in [0.29, 0.717) is 19.0 Å². The summed E-state index contributed by atoms with van der Waals surface area (Å²) < 4.78 is 30.1. The summed E-state index contributed by atoms with van der Waals surface area (Å²) in [6, 6.07) is 6.33. The minimum Gasteiger partial charge on any atom is -0.496 e. The second kappa shape index (κ2) is 6.98. The first-order valence-corrected chi connectivity index (χ1v) is 9.49. The van der Waals surface area contributed by atoms with Gasteiger partial charge in [-0.05, 0) is 38.8 Å². The van der Waals surface area contributed by atoms with Gasteiger partial charge in [0.25, 0.3) is 0 Å². The number of methoxy groups -OCH3 is 1. The van der Waals surface area contributed by atoms with E-state index >= 15 is 0 Å². The molecule has 22 heavy (non-hydrogen) atoms. The average molecular weight is 326 g/mol. The van der Waals surface area contributed by atoms with Crippen LogP contribution in [-0.2, 0) is 10.0 Å². The average Bonchev–Trinajstić information content (AvgIpc) is 2.93. The van der Waals surface area contributed by atoms with Gasteiger partial charge in [-0.1, -0.05) is 17.7 Å². The van der Waals surface area contributed by atoms with Crippen LogP contribution in [0.4, 0.5) is 0 Å². The summed E-state index contributed by atoms with van der Waals surface area (Å²) in [5, 5.41) is 3.51. The van der Waals surface area contributed by atoms with Crippen LogP contribution in [-0.4, -0.2) is 45.7 Å². The predicted molar refractivity (Wildman–Crippen MR) is 88.7 cm³/mol. The zero-order valence-corrected chi connectivity index (χ0v) is 14.6. The highest BCUT2D eigenvalue weighted by Gasteiger charge is 2.28. The Kier molecular flexibility index (Phi) is 5.47. The van der Waals surface area contributed by atoms with E-state index in [4.69, 9.17) is 4.74 Å². The van der Waals surface area contributed by atoms with Crippen molar-refractivity contribution in [1.29, 1.82) is 0 Å². The SMILES string of the molecule is COc1ccc(C)cc1[C@H](C)NC[C@@H]1CCN(S(C)(=O)=O)C1. The molecule has 0 unspecified atom stereocenters. The topological polar surface area (TPSA) is 58.6 Å². The van der Waals surface area contributed by atoms with Crippen molar-refractivity contribution in [3.63, 3.8) is 0 Å². The summed E-state index contributed by atoms with van der Waals surface area (Å²) in [5.74, 6) is 1.25. The minimum absolute atomic E-state index is 0.169. The minimum atomic E-state index is -3.06. The normalized spacial score (nSPS) is 21.0. The van der Waals surface area contributed by atoms with E-state index in [2.05, 4.69) is 25.2 Å². The lowest BCUT2D eigenvalue weighted by Gasteiger charge is -2.20. The quantitative estimate of drug-likeness (QED) is 0.868. The van der Waals surface area contributed by atoms with Crippen LogP contribution < -0.4 is 10.1 Å². The number of ether oxygens (including phenoxy) is 1. The molecule has 1 heterocycles. The lowest BCUT2D eigenvalue weighted by Crippen LogP contribution is -2.31. The molecular formula is C16H26N2O3S. The van der Waals surface area contributed by atoms with Gasteiger partial charge in [0, 0.05) is 24.7 Å². The van der Waals surface area contributed by atoms with Crippen LogP contribution in [0.3, 0.4) is 0 Å². The van der Waals surface area contributed by atoms with Gasteiger partial charge in [-0.15, -0.1) is 0 Å². The molecule has 0 aromatic heterocycles. The third-order valence-corrected chi connectivity index (χ3v) is 5.55. The smallest absolute Gasteiger partial charge is 0.211 e. The molecule has 1 N–H and O–H groups in total. The van der Waals surface area contributed by atoms with Crippen molar-refractivity contribution < 1.29 is 13.2 Å². The maximum Gasteiger partial charge on any atom is 0.211 e. The summed E-state index contributed by atoms with van der Waals surface area (Å²) >= 11 is 0. The number of sulfonamides is 1. The molecule has 1 fully saturated rings. The Labute approximate surface area is 133 Å². The van der Waals surface area contributed by atoms with E-state index in [1.807, 2.05) is 12.1 Å². The molecular weight excluding hydrogens is 300 g/mol. The van der Waals surface area contributed by atoms with Crippen LogP contribution in [0.25, 0.3) is 0 Å². The highest BCUT2D eigenvalue weighted by atomic mass is 32.2. The maximum absolute atomic E-state index is 11.5. The predicted octanol–water partition coefficient (Wildman–Crippen LogP) is 1.94. The highest BCUT2D eigenvalue weighted by Crippen LogP contribution is 2.27. The first-order valence-electron chi connectivity index (χ1n) is 7.64. The first-order chi connectivity index (χ1) is 10.3. The van der Waals surface area contributed by atoms with Crippen molar-refractivity contribution in [3.8, 4) is 5.75 Å². The Morgan fingerprint density at radius 1 is 1.45 bits per heavy atom. The zero-order valence-electron chi connectivity index (χ0n) is 13.8. The molecule has 0 saturated carbocycles. The summed E-state index contributed by atoms with van der Waals surface area (Å²) in [7, 11) is -1.37. The van der Waals surface area contributed by atoms with Crippen LogP contribution in [0.1, 0.15) is 30.5 Å². The molecule has 0 bridgehead atoms. The van der Waals surface area contributed by atoms with Crippen molar-refractivity contribution in [1.82, 2.24) is 9.62 Å². The van der Waals surface area contributed by atoms with Crippen molar-refractivity contribution >= 4 is 10.0 Å². The Morgan fingerprint density at radius 2 is 2.18 bits per heavy atom. The second-order valence-corrected chi connectivity index (χ2v) is 8.13. The fourth-order valence-corrected chi connectivity index (χ4v) is 3.83. The molecule has 124 valence electrons. The van der Waals surface area contributed by atoms with Crippen LogP contribution >= 0.6 is 0 Å². The fraction of sp³-hybridized carbons (Fsp3) is 0.625. The fourth-order valence-electron chi connectivity index (χ4n) is 2.91. The molecule has 0 spiro atoms. The molecule has 0 amide bonds. The Hall–Kier alpha value is -1.11. The third-order valence-electron chi connectivity index (χ3n) is 4.28. The first kappa shape index (κ1) is 17.2. The van der Waals surface area contributed by atoms with E-state index < -0.39 is 10.0 Å². The molecule has 1 aromatic carbocycles. The van der Waals surface area contributed by atoms with Gasteiger partial charge in [-0.2, -0.15) is 0 Å². The molecule has 6 heteroatoms. The number of hydrogen-bond donors (Lipinski definition) is 1. The Bertz CT molecular complexity index is 616. The lowest BCUT2D eigenvalue weighted by atomic mass is 10.0. The molecule has 5 nitrogen and oxygen atoms in total. The summed E-state index contributed by atoms with van der Waals surface area (Å²) in [4.78, 5) is 0. The van der Waals surface area contributed by atoms with Gasteiger partial charge in [0.2, 0.25) is 10.0 Å². The van der Waals surface area contributed by atoms with Crippen LogP contribution in [0, 0.1) is 12.8 Å². The van der Waals surface area contributed by atoms with Gasteiger partial charge in [0.1, 0.15) is 5.75 Å². The van der Waals surface area contributed by atoms with E-state index in [1.165, 1.54) is 11.8 Å². The highest BCUT2D eigenvalue weighted by molar-refractivity contribution is 7.88. The number of aryl methyl sites for hydroxylation is 1. The number of nitrogens with zero attached hydrogens (tertiary/aromatic N) is 1. The summed E-state index contributed by atoms with van der Waals surface area (Å²) in [6.45, 7) is 6.23.